The van der Waals surface area contributed by atoms with Gasteiger partial charge in [-0.2, -0.15) is 0 Å². The van der Waals surface area contributed by atoms with Crippen LogP contribution in [0.4, 0.5) is 0 Å². The molecular formula is C11H18N2O2. The van der Waals surface area contributed by atoms with Gasteiger partial charge in [0, 0.05) is 7.05 Å². The fourth-order valence-corrected chi connectivity index (χ4v) is 1.48. The van der Waals surface area contributed by atoms with E-state index in [4.69, 9.17) is 4.42 Å². The van der Waals surface area contributed by atoms with E-state index < -0.39 is 0 Å². The maximum atomic E-state index is 11.3. The van der Waals surface area contributed by atoms with Crippen molar-refractivity contribution in [3.8, 4) is 0 Å². The Balaban J connectivity index is 2.58. The Bertz CT molecular complexity index is 296. The highest BCUT2D eigenvalue weighted by Gasteiger charge is 2.18. The van der Waals surface area contributed by atoms with E-state index >= 15 is 0 Å². The van der Waals surface area contributed by atoms with Crippen molar-refractivity contribution in [1.82, 2.24) is 10.6 Å². The molecule has 2 atom stereocenters. The van der Waals surface area contributed by atoms with Crippen LogP contribution in [0, 0.1) is 0 Å². The molecule has 0 saturated carbocycles. The van der Waals surface area contributed by atoms with Crippen LogP contribution in [0.2, 0.25) is 0 Å². The normalized spacial score (nSPS) is 14.6. The molecule has 0 aliphatic rings. The van der Waals surface area contributed by atoms with E-state index in [1.54, 1.807) is 13.3 Å². The monoisotopic (exact) mass is 210 g/mol. The first-order chi connectivity index (χ1) is 7.19. The first kappa shape index (κ1) is 11.8. The Morgan fingerprint density at radius 2 is 2.33 bits per heavy atom. The minimum atomic E-state index is -0.218. The van der Waals surface area contributed by atoms with E-state index in [1.165, 1.54) is 0 Å². The second-order valence-electron chi connectivity index (χ2n) is 3.48. The molecule has 0 spiro atoms. The van der Waals surface area contributed by atoms with Crippen molar-refractivity contribution in [3.05, 3.63) is 24.2 Å². The minimum Gasteiger partial charge on any atom is -0.468 e. The van der Waals surface area contributed by atoms with Crippen LogP contribution in [0.25, 0.3) is 0 Å². The molecule has 1 heterocycles. The molecule has 0 fully saturated rings. The lowest BCUT2D eigenvalue weighted by Gasteiger charge is -2.19. The SMILES string of the molecule is CCC(NC(C)C(=O)NC)c1ccco1. The molecule has 1 aromatic heterocycles. The van der Waals surface area contributed by atoms with Gasteiger partial charge in [0.1, 0.15) is 5.76 Å². The maximum absolute atomic E-state index is 11.3. The number of amides is 1. The van der Waals surface area contributed by atoms with Crippen LogP contribution in [-0.4, -0.2) is 19.0 Å². The molecule has 0 aliphatic carbocycles. The summed E-state index contributed by atoms with van der Waals surface area (Å²) in [6.45, 7) is 3.89. The van der Waals surface area contributed by atoms with Crippen molar-refractivity contribution in [2.75, 3.05) is 7.05 Å². The Kier molecular flexibility index (Phi) is 4.37. The summed E-state index contributed by atoms with van der Waals surface area (Å²) in [5.74, 6) is 0.855. The van der Waals surface area contributed by atoms with Gasteiger partial charge in [-0.05, 0) is 25.5 Å². The second kappa shape index (κ2) is 5.56. The van der Waals surface area contributed by atoms with Crippen molar-refractivity contribution in [1.29, 1.82) is 0 Å². The molecule has 1 rings (SSSR count). The molecule has 1 aromatic rings. The third-order valence-electron chi connectivity index (χ3n) is 2.39. The van der Waals surface area contributed by atoms with Gasteiger partial charge in [0.15, 0.2) is 0 Å². The third kappa shape index (κ3) is 3.09. The number of nitrogens with one attached hydrogen (secondary N) is 2. The predicted octanol–water partition coefficient (Wildman–Crippen LogP) is 1.45. The number of rotatable bonds is 5. The summed E-state index contributed by atoms with van der Waals surface area (Å²) in [5.41, 5.74) is 0. The zero-order valence-electron chi connectivity index (χ0n) is 9.41. The van der Waals surface area contributed by atoms with E-state index in [0.29, 0.717) is 0 Å². The standard InChI is InChI=1S/C11H18N2O2/c1-4-9(10-6-5-7-15-10)13-8(2)11(14)12-3/h5-9,13H,4H2,1-3H3,(H,12,14). The quantitative estimate of drug-likeness (QED) is 0.773. The van der Waals surface area contributed by atoms with Crippen molar-refractivity contribution in [2.45, 2.75) is 32.4 Å². The van der Waals surface area contributed by atoms with Gasteiger partial charge >= 0.3 is 0 Å². The first-order valence-electron chi connectivity index (χ1n) is 5.20. The molecule has 0 aromatic carbocycles. The van der Waals surface area contributed by atoms with Crippen LogP contribution in [0.1, 0.15) is 32.1 Å². The molecule has 4 heteroatoms. The fourth-order valence-electron chi connectivity index (χ4n) is 1.48. The summed E-state index contributed by atoms with van der Waals surface area (Å²) >= 11 is 0. The van der Waals surface area contributed by atoms with E-state index in [-0.39, 0.29) is 18.0 Å². The van der Waals surface area contributed by atoms with Crippen LogP contribution in [0.3, 0.4) is 0 Å². The van der Waals surface area contributed by atoms with E-state index in [1.807, 2.05) is 19.1 Å². The molecule has 4 nitrogen and oxygen atoms in total. The largest absolute Gasteiger partial charge is 0.468 e. The van der Waals surface area contributed by atoms with Crippen molar-refractivity contribution in [3.63, 3.8) is 0 Å². The third-order valence-corrected chi connectivity index (χ3v) is 2.39. The van der Waals surface area contributed by atoms with Gasteiger partial charge in [-0.1, -0.05) is 6.92 Å². The summed E-state index contributed by atoms with van der Waals surface area (Å²) in [7, 11) is 1.63. The lowest BCUT2D eigenvalue weighted by Crippen LogP contribution is -2.42. The molecular weight excluding hydrogens is 192 g/mol. The Morgan fingerprint density at radius 3 is 2.80 bits per heavy atom. The van der Waals surface area contributed by atoms with Gasteiger partial charge in [-0.3, -0.25) is 10.1 Å². The second-order valence-corrected chi connectivity index (χ2v) is 3.48. The summed E-state index contributed by atoms with van der Waals surface area (Å²) < 4.78 is 5.31. The number of carbonyl (C=O) groups is 1. The van der Waals surface area contributed by atoms with Crippen LogP contribution in [0.5, 0.6) is 0 Å². The molecule has 0 bridgehead atoms. The first-order valence-corrected chi connectivity index (χ1v) is 5.20. The number of likely N-dealkylation sites (N-methyl/N-ethyl adjacent to an activating group) is 1. The van der Waals surface area contributed by atoms with Crippen LogP contribution >= 0.6 is 0 Å². The van der Waals surface area contributed by atoms with Gasteiger partial charge in [0.2, 0.25) is 5.91 Å². The van der Waals surface area contributed by atoms with Gasteiger partial charge in [-0.25, -0.2) is 0 Å². The fraction of sp³-hybridized carbons (Fsp3) is 0.545. The summed E-state index contributed by atoms with van der Waals surface area (Å²) in [6, 6.07) is 3.64. The lowest BCUT2D eigenvalue weighted by molar-refractivity contribution is -0.122. The summed E-state index contributed by atoms with van der Waals surface area (Å²) in [6.07, 6.45) is 2.53. The zero-order valence-corrected chi connectivity index (χ0v) is 9.41. The van der Waals surface area contributed by atoms with Gasteiger partial charge < -0.3 is 9.73 Å². The van der Waals surface area contributed by atoms with Crippen molar-refractivity contribution < 1.29 is 9.21 Å². The van der Waals surface area contributed by atoms with Crippen molar-refractivity contribution >= 4 is 5.91 Å². The molecule has 0 radical (unpaired) electrons. The van der Waals surface area contributed by atoms with Crippen LogP contribution in [-0.2, 0) is 4.79 Å². The maximum Gasteiger partial charge on any atom is 0.236 e. The lowest BCUT2D eigenvalue weighted by atomic mass is 10.1. The smallest absolute Gasteiger partial charge is 0.236 e. The number of hydrogen-bond acceptors (Lipinski definition) is 3. The van der Waals surface area contributed by atoms with E-state index in [2.05, 4.69) is 17.6 Å². The number of hydrogen-bond donors (Lipinski definition) is 2. The average Bonchev–Trinajstić information content (AvgIpc) is 2.77. The zero-order chi connectivity index (χ0) is 11.3. The van der Waals surface area contributed by atoms with E-state index in [9.17, 15) is 4.79 Å². The molecule has 0 aliphatic heterocycles. The molecule has 2 unspecified atom stereocenters. The Labute approximate surface area is 90.0 Å². The van der Waals surface area contributed by atoms with Crippen LogP contribution in [0.15, 0.2) is 22.8 Å². The Hall–Kier alpha value is -1.29. The van der Waals surface area contributed by atoms with Crippen LogP contribution < -0.4 is 10.6 Å². The molecule has 15 heavy (non-hydrogen) atoms. The van der Waals surface area contributed by atoms with E-state index in [0.717, 1.165) is 12.2 Å². The Morgan fingerprint density at radius 1 is 1.60 bits per heavy atom. The summed E-state index contributed by atoms with van der Waals surface area (Å²) in [5, 5.41) is 5.82. The highest BCUT2D eigenvalue weighted by Crippen LogP contribution is 2.17. The van der Waals surface area contributed by atoms with Gasteiger partial charge in [0.25, 0.3) is 0 Å². The topological polar surface area (TPSA) is 54.3 Å². The molecule has 2 N–H and O–H groups in total. The van der Waals surface area contributed by atoms with Crippen molar-refractivity contribution in [2.24, 2.45) is 0 Å². The predicted molar refractivity (Wildman–Crippen MR) is 58.4 cm³/mol. The minimum absolute atomic E-state index is 0.0139. The highest BCUT2D eigenvalue weighted by molar-refractivity contribution is 5.80. The van der Waals surface area contributed by atoms with Gasteiger partial charge in [-0.15, -0.1) is 0 Å². The molecule has 0 saturated heterocycles. The summed E-state index contributed by atoms with van der Waals surface area (Å²) in [4.78, 5) is 11.3. The number of carbonyl (C=O) groups excluding carboxylic acids is 1. The number of furan rings is 1. The average molecular weight is 210 g/mol. The van der Waals surface area contributed by atoms with Gasteiger partial charge in [0.05, 0.1) is 18.3 Å². The highest BCUT2D eigenvalue weighted by atomic mass is 16.3. The molecule has 1 amide bonds. The molecule has 84 valence electrons.